The van der Waals surface area contributed by atoms with Gasteiger partial charge in [-0.25, -0.2) is 15.0 Å². The lowest BCUT2D eigenvalue weighted by atomic mass is 10.00. The number of aromatic nitrogens is 3. The van der Waals surface area contributed by atoms with Gasteiger partial charge in [0.05, 0.1) is 0 Å². The van der Waals surface area contributed by atoms with Crippen molar-refractivity contribution < 1.29 is 0 Å². The topological polar surface area (TPSA) is 38.7 Å². The predicted octanol–water partition coefficient (Wildman–Crippen LogP) is 8.33. The minimum absolute atomic E-state index is 0.669. The average Bonchev–Trinajstić information content (AvgIpc) is 2.96. The van der Waals surface area contributed by atoms with Gasteiger partial charge in [0.2, 0.25) is 0 Å². The van der Waals surface area contributed by atoms with Crippen molar-refractivity contribution in [3.05, 3.63) is 127 Å². The van der Waals surface area contributed by atoms with Gasteiger partial charge >= 0.3 is 0 Å². The van der Waals surface area contributed by atoms with E-state index in [1.807, 2.05) is 30.3 Å². The van der Waals surface area contributed by atoms with Crippen LogP contribution < -0.4 is 0 Å². The van der Waals surface area contributed by atoms with Crippen LogP contribution in [0.15, 0.2) is 127 Å². The van der Waals surface area contributed by atoms with Gasteiger partial charge in [0, 0.05) is 16.7 Å². The van der Waals surface area contributed by atoms with Gasteiger partial charge < -0.3 is 0 Å². The highest BCUT2D eigenvalue weighted by atomic mass is 15.0. The molecule has 0 bridgehead atoms. The fourth-order valence-corrected chi connectivity index (χ4v) is 4.83. The van der Waals surface area contributed by atoms with Gasteiger partial charge in [0.15, 0.2) is 17.5 Å². The minimum Gasteiger partial charge on any atom is -0.208 e. The molecule has 6 aromatic carbocycles. The molecule has 36 heavy (non-hydrogen) atoms. The lowest BCUT2D eigenvalue weighted by Crippen LogP contribution is -2.00. The van der Waals surface area contributed by atoms with Gasteiger partial charge in [-0.15, -0.1) is 0 Å². The van der Waals surface area contributed by atoms with Crippen LogP contribution in [-0.4, -0.2) is 15.0 Å². The van der Waals surface area contributed by atoms with Crippen LogP contribution in [0, 0.1) is 0 Å². The molecule has 7 rings (SSSR count). The van der Waals surface area contributed by atoms with Gasteiger partial charge in [-0.2, -0.15) is 0 Å². The Labute approximate surface area is 208 Å². The Morgan fingerprint density at radius 2 is 0.806 bits per heavy atom. The van der Waals surface area contributed by atoms with Crippen LogP contribution in [0.4, 0.5) is 0 Å². The lowest BCUT2D eigenvalue weighted by molar-refractivity contribution is 1.08. The fourth-order valence-electron chi connectivity index (χ4n) is 4.83. The first kappa shape index (κ1) is 20.5. The first-order valence-electron chi connectivity index (χ1n) is 12.0. The van der Waals surface area contributed by atoms with Crippen molar-refractivity contribution in [2.45, 2.75) is 0 Å². The first-order chi connectivity index (χ1) is 17.8. The normalized spacial score (nSPS) is 11.3. The highest BCUT2D eigenvalue weighted by Gasteiger charge is 2.13. The molecule has 7 aromatic rings. The number of hydrogen-bond acceptors (Lipinski definition) is 3. The zero-order chi connectivity index (χ0) is 23.9. The monoisotopic (exact) mass is 459 g/mol. The summed E-state index contributed by atoms with van der Waals surface area (Å²) in [5, 5.41) is 7.24. The Balaban J connectivity index is 1.43. The van der Waals surface area contributed by atoms with E-state index in [0.717, 1.165) is 22.1 Å². The maximum atomic E-state index is 4.95. The van der Waals surface area contributed by atoms with Gasteiger partial charge in [-0.1, -0.05) is 115 Å². The summed E-state index contributed by atoms with van der Waals surface area (Å²) < 4.78 is 0. The van der Waals surface area contributed by atoms with E-state index >= 15 is 0 Å². The van der Waals surface area contributed by atoms with E-state index in [1.54, 1.807) is 0 Å². The molecule has 0 atom stereocenters. The Kier molecular flexibility index (Phi) is 4.78. The van der Waals surface area contributed by atoms with Gasteiger partial charge in [0.25, 0.3) is 0 Å². The molecule has 1 heterocycles. The molecule has 3 nitrogen and oxygen atoms in total. The summed E-state index contributed by atoms with van der Waals surface area (Å²) in [5.41, 5.74) is 2.91. The van der Waals surface area contributed by atoms with E-state index in [9.17, 15) is 0 Å². The van der Waals surface area contributed by atoms with Crippen LogP contribution in [0.2, 0.25) is 0 Å². The van der Waals surface area contributed by atoms with E-state index < -0.39 is 0 Å². The van der Waals surface area contributed by atoms with Crippen molar-refractivity contribution in [2.24, 2.45) is 0 Å². The van der Waals surface area contributed by atoms with Crippen LogP contribution in [0.1, 0.15) is 0 Å². The molecular weight excluding hydrogens is 438 g/mol. The zero-order valence-corrected chi connectivity index (χ0v) is 19.5. The van der Waals surface area contributed by atoms with E-state index in [4.69, 9.17) is 15.0 Å². The second-order valence-corrected chi connectivity index (χ2v) is 8.96. The number of hydrogen-bond donors (Lipinski definition) is 0. The average molecular weight is 460 g/mol. The maximum Gasteiger partial charge on any atom is 0.164 e. The van der Waals surface area contributed by atoms with Crippen LogP contribution in [-0.2, 0) is 0 Å². The molecule has 1 aromatic heterocycles. The largest absolute Gasteiger partial charge is 0.208 e. The molecule has 0 aliphatic rings. The summed E-state index contributed by atoms with van der Waals surface area (Å²) in [6, 6.07) is 44.1. The molecule has 0 aliphatic carbocycles. The van der Waals surface area contributed by atoms with Crippen molar-refractivity contribution in [3.8, 4) is 34.2 Å². The highest BCUT2D eigenvalue weighted by molar-refractivity contribution is 6.08. The van der Waals surface area contributed by atoms with Gasteiger partial charge in [0.1, 0.15) is 0 Å². The fraction of sp³-hybridized carbons (Fsp3) is 0. The number of fused-ring (bicyclic) bond motifs is 4. The molecule has 0 saturated heterocycles. The van der Waals surface area contributed by atoms with Crippen molar-refractivity contribution in [3.63, 3.8) is 0 Å². The number of rotatable bonds is 3. The van der Waals surface area contributed by atoms with Gasteiger partial charge in [-0.3, -0.25) is 0 Å². The highest BCUT2D eigenvalue weighted by Crippen LogP contribution is 2.31. The summed E-state index contributed by atoms with van der Waals surface area (Å²) >= 11 is 0. The summed E-state index contributed by atoms with van der Waals surface area (Å²) in [6.45, 7) is 0. The predicted molar refractivity (Wildman–Crippen MR) is 149 cm³/mol. The van der Waals surface area contributed by atoms with E-state index in [1.165, 1.54) is 26.9 Å². The summed E-state index contributed by atoms with van der Waals surface area (Å²) in [6.07, 6.45) is 0. The van der Waals surface area contributed by atoms with Crippen molar-refractivity contribution in [2.75, 3.05) is 0 Å². The van der Waals surface area contributed by atoms with Crippen molar-refractivity contribution >= 4 is 32.3 Å². The van der Waals surface area contributed by atoms with Gasteiger partial charge in [-0.05, 0) is 44.5 Å². The molecule has 0 fully saturated rings. The number of benzene rings is 6. The van der Waals surface area contributed by atoms with E-state index in [-0.39, 0.29) is 0 Å². The second kappa shape index (κ2) is 8.40. The first-order valence-corrected chi connectivity index (χ1v) is 12.0. The van der Waals surface area contributed by atoms with E-state index in [2.05, 4.69) is 97.1 Å². The quantitative estimate of drug-likeness (QED) is 0.249. The molecule has 0 unspecified atom stereocenters. The summed E-state index contributed by atoms with van der Waals surface area (Å²) in [5.74, 6) is 2.01. The number of nitrogens with zero attached hydrogens (tertiary/aromatic N) is 3. The molecule has 0 amide bonds. The summed E-state index contributed by atoms with van der Waals surface area (Å²) in [7, 11) is 0. The Bertz CT molecular complexity index is 1890. The standard InChI is InChI=1S/C33H21N3/c1-2-10-24(11-3-1)31-34-32(27-17-14-22-8-4-5-12-25(22)20-27)36-33(35-31)28-18-19-30-26(21-28)16-15-23-9-6-7-13-29(23)30/h1-21H. The zero-order valence-electron chi connectivity index (χ0n) is 19.5. The van der Waals surface area contributed by atoms with Crippen molar-refractivity contribution in [1.29, 1.82) is 0 Å². The molecule has 0 radical (unpaired) electrons. The molecule has 0 saturated carbocycles. The third-order valence-corrected chi connectivity index (χ3v) is 6.68. The molecule has 0 N–H and O–H groups in total. The summed E-state index contributed by atoms with van der Waals surface area (Å²) in [4.78, 5) is 14.7. The third kappa shape index (κ3) is 3.58. The Morgan fingerprint density at radius 1 is 0.306 bits per heavy atom. The molecule has 0 aliphatic heterocycles. The molecule has 0 spiro atoms. The maximum absolute atomic E-state index is 4.95. The third-order valence-electron chi connectivity index (χ3n) is 6.68. The van der Waals surface area contributed by atoms with E-state index in [0.29, 0.717) is 17.5 Å². The van der Waals surface area contributed by atoms with Crippen LogP contribution >= 0.6 is 0 Å². The lowest BCUT2D eigenvalue weighted by Gasteiger charge is -2.10. The molecular formula is C33H21N3. The van der Waals surface area contributed by atoms with Crippen LogP contribution in [0.25, 0.3) is 66.5 Å². The molecule has 168 valence electrons. The minimum atomic E-state index is 0.669. The Hall–Kier alpha value is -4.89. The Morgan fingerprint density at radius 3 is 1.58 bits per heavy atom. The van der Waals surface area contributed by atoms with Crippen LogP contribution in [0.5, 0.6) is 0 Å². The second-order valence-electron chi connectivity index (χ2n) is 8.96. The smallest absolute Gasteiger partial charge is 0.164 e. The SMILES string of the molecule is c1ccc(-c2nc(-c3ccc4ccccc4c3)nc(-c3ccc4c(ccc5ccccc54)c3)n2)cc1. The van der Waals surface area contributed by atoms with Crippen molar-refractivity contribution in [1.82, 2.24) is 15.0 Å². The molecule has 3 heteroatoms. The van der Waals surface area contributed by atoms with Crippen LogP contribution in [0.3, 0.4) is 0 Å².